The van der Waals surface area contributed by atoms with E-state index in [-0.39, 0.29) is 5.97 Å². The van der Waals surface area contributed by atoms with Gasteiger partial charge in [-0.2, -0.15) is 0 Å². The van der Waals surface area contributed by atoms with Gasteiger partial charge in [-0.15, -0.1) is 0 Å². The molecular formula is C13H20N2O3. The number of esters is 1. The van der Waals surface area contributed by atoms with Crippen LogP contribution in [0.2, 0.25) is 0 Å². The summed E-state index contributed by atoms with van der Waals surface area (Å²) in [6.45, 7) is 4.89. The van der Waals surface area contributed by atoms with E-state index in [1.807, 2.05) is 26.0 Å². The van der Waals surface area contributed by atoms with Gasteiger partial charge in [-0.3, -0.25) is 4.79 Å². The average molecular weight is 252 g/mol. The summed E-state index contributed by atoms with van der Waals surface area (Å²) in [7, 11) is 2.98. The van der Waals surface area contributed by atoms with Gasteiger partial charge in [-0.05, 0) is 25.5 Å². The highest BCUT2D eigenvalue weighted by atomic mass is 16.5. The van der Waals surface area contributed by atoms with Crippen LogP contribution in [0.5, 0.6) is 5.88 Å². The maximum absolute atomic E-state index is 11.5. The Kier molecular flexibility index (Phi) is 5.09. The predicted octanol–water partition coefficient (Wildman–Crippen LogP) is 1.38. The molecule has 0 aliphatic heterocycles. The molecule has 0 bridgehead atoms. The van der Waals surface area contributed by atoms with Gasteiger partial charge >= 0.3 is 5.97 Å². The number of nitrogens with one attached hydrogen (secondary N) is 1. The summed E-state index contributed by atoms with van der Waals surface area (Å²) in [5.41, 5.74) is 0.522. The van der Waals surface area contributed by atoms with Crippen LogP contribution in [0.3, 0.4) is 0 Å². The van der Waals surface area contributed by atoms with Gasteiger partial charge in [0.05, 0.1) is 19.6 Å². The molecule has 1 heterocycles. The van der Waals surface area contributed by atoms with Crippen molar-refractivity contribution in [1.29, 1.82) is 0 Å². The van der Waals surface area contributed by atoms with E-state index in [2.05, 4.69) is 10.3 Å². The Morgan fingerprint density at radius 3 is 2.78 bits per heavy atom. The molecule has 0 unspecified atom stereocenters. The summed E-state index contributed by atoms with van der Waals surface area (Å²) in [5.74, 6) is 0.365. The zero-order chi connectivity index (χ0) is 13.6. The highest BCUT2D eigenvalue weighted by molar-refractivity contribution is 5.76. The summed E-state index contributed by atoms with van der Waals surface area (Å²) < 4.78 is 9.79. The van der Waals surface area contributed by atoms with Crippen molar-refractivity contribution in [2.45, 2.75) is 20.4 Å². The van der Waals surface area contributed by atoms with Crippen LogP contribution in [0.4, 0.5) is 0 Å². The second kappa shape index (κ2) is 6.35. The lowest BCUT2D eigenvalue weighted by atomic mass is 9.94. The molecule has 0 saturated heterocycles. The van der Waals surface area contributed by atoms with Crippen molar-refractivity contribution in [2.24, 2.45) is 5.41 Å². The van der Waals surface area contributed by atoms with Crippen LogP contribution in [0.1, 0.15) is 19.4 Å². The van der Waals surface area contributed by atoms with E-state index in [0.29, 0.717) is 19.0 Å². The first-order valence-electron chi connectivity index (χ1n) is 5.77. The predicted molar refractivity (Wildman–Crippen MR) is 68.3 cm³/mol. The number of hydrogen-bond donors (Lipinski definition) is 1. The minimum Gasteiger partial charge on any atom is -0.481 e. The Hall–Kier alpha value is -1.62. The molecule has 5 nitrogen and oxygen atoms in total. The average Bonchev–Trinajstić information content (AvgIpc) is 2.37. The van der Waals surface area contributed by atoms with Crippen molar-refractivity contribution in [3.8, 4) is 5.88 Å². The van der Waals surface area contributed by atoms with Crippen LogP contribution in [0.15, 0.2) is 18.3 Å². The Morgan fingerprint density at radius 2 is 2.17 bits per heavy atom. The summed E-state index contributed by atoms with van der Waals surface area (Å²) >= 11 is 0. The first-order chi connectivity index (χ1) is 8.49. The summed E-state index contributed by atoms with van der Waals surface area (Å²) in [6.07, 6.45) is 1.70. The molecule has 0 aliphatic carbocycles. The number of methoxy groups -OCH3 is 2. The van der Waals surface area contributed by atoms with E-state index in [1.165, 1.54) is 7.11 Å². The molecule has 1 rings (SSSR count). The fourth-order valence-electron chi connectivity index (χ4n) is 1.54. The summed E-state index contributed by atoms with van der Waals surface area (Å²) in [4.78, 5) is 15.5. The van der Waals surface area contributed by atoms with Gasteiger partial charge in [0.15, 0.2) is 0 Å². The Labute approximate surface area is 108 Å². The highest BCUT2D eigenvalue weighted by Crippen LogP contribution is 2.16. The topological polar surface area (TPSA) is 60.5 Å². The number of rotatable bonds is 6. The fraction of sp³-hybridized carbons (Fsp3) is 0.538. The molecule has 0 spiro atoms. The smallest absolute Gasteiger partial charge is 0.312 e. The molecule has 0 amide bonds. The van der Waals surface area contributed by atoms with Gasteiger partial charge in [-0.25, -0.2) is 4.98 Å². The van der Waals surface area contributed by atoms with Crippen LogP contribution >= 0.6 is 0 Å². The van der Waals surface area contributed by atoms with E-state index in [1.54, 1.807) is 13.3 Å². The molecular weight excluding hydrogens is 232 g/mol. The van der Waals surface area contributed by atoms with E-state index in [9.17, 15) is 4.79 Å². The van der Waals surface area contributed by atoms with Crippen molar-refractivity contribution in [3.05, 3.63) is 23.9 Å². The Bertz CT molecular complexity index is 405. The molecule has 0 aliphatic rings. The largest absolute Gasteiger partial charge is 0.481 e. The molecule has 0 fully saturated rings. The van der Waals surface area contributed by atoms with Gasteiger partial charge in [0, 0.05) is 25.4 Å². The van der Waals surface area contributed by atoms with Gasteiger partial charge in [0.25, 0.3) is 0 Å². The Balaban J connectivity index is 2.48. The lowest BCUT2D eigenvalue weighted by molar-refractivity contribution is -0.150. The molecule has 0 aromatic carbocycles. The molecule has 1 aromatic rings. The maximum atomic E-state index is 11.5. The Morgan fingerprint density at radius 1 is 1.44 bits per heavy atom. The molecule has 5 heteroatoms. The highest BCUT2D eigenvalue weighted by Gasteiger charge is 2.27. The van der Waals surface area contributed by atoms with Crippen LogP contribution < -0.4 is 10.1 Å². The molecule has 1 aromatic heterocycles. The minimum atomic E-state index is -0.536. The number of hydrogen-bond acceptors (Lipinski definition) is 5. The van der Waals surface area contributed by atoms with Crippen LogP contribution in [-0.4, -0.2) is 31.7 Å². The van der Waals surface area contributed by atoms with E-state index >= 15 is 0 Å². The number of nitrogens with zero attached hydrogens (tertiary/aromatic N) is 1. The maximum Gasteiger partial charge on any atom is 0.312 e. The number of carbonyl (C=O) groups excluding carboxylic acids is 1. The van der Waals surface area contributed by atoms with Crippen molar-refractivity contribution in [3.63, 3.8) is 0 Å². The molecule has 0 radical (unpaired) electrons. The van der Waals surface area contributed by atoms with Gasteiger partial charge in [-0.1, -0.05) is 0 Å². The molecule has 18 heavy (non-hydrogen) atoms. The van der Waals surface area contributed by atoms with Crippen LogP contribution in [0, 0.1) is 5.41 Å². The van der Waals surface area contributed by atoms with E-state index in [0.717, 1.165) is 5.56 Å². The zero-order valence-electron chi connectivity index (χ0n) is 11.3. The summed E-state index contributed by atoms with van der Waals surface area (Å²) in [6, 6.07) is 3.76. The third-order valence-electron chi connectivity index (χ3n) is 2.64. The third kappa shape index (κ3) is 4.00. The number of carbonyl (C=O) groups is 1. The fourth-order valence-corrected chi connectivity index (χ4v) is 1.54. The molecule has 100 valence electrons. The number of aromatic nitrogens is 1. The monoisotopic (exact) mass is 252 g/mol. The molecule has 0 saturated carbocycles. The summed E-state index contributed by atoms with van der Waals surface area (Å²) in [5, 5.41) is 3.22. The molecule has 1 N–H and O–H groups in total. The second-order valence-corrected chi connectivity index (χ2v) is 4.69. The third-order valence-corrected chi connectivity index (χ3v) is 2.64. The second-order valence-electron chi connectivity index (χ2n) is 4.69. The number of ether oxygens (including phenoxy) is 2. The SMILES string of the molecule is COC(=O)C(C)(C)CNCc1ccnc(OC)c1. The van der Waals surface area contributed by atoms with Crippen molar-refractivity contribution in [1.82, 2.24) is 10.3 Å². The lowest BCUT2D eigenvalue weighted by Crippen LogP contribution is -2.36. The minimum absolute atomic E-state index is 0.220. The van der Waals surface area contributed by atoms with Gasteiger partial charge < -0.3 is 14.8 Å². The molecule has 0 atom stereocenters. The van der Waals surface area contributed by atoms with Crippen molar-refractivity contribution >= 4 is 5.97 Å². The quantitative estimate of drug-likeness (QED) is 0.775. The standard InChI is InChI=1S/C13H20N2O3/c1-13(2,12(16)18-4)9-14-8-10-5-6-15-11(7-10)17-3/h5-7,14H,8-9H2,1-4H3. The number of pyridine rings is 1. The zero-order valence-corrected chi connectivity index (χ0v) is 11.3. The van der Waals surface area contributed by atoms with Crippen LogP contribution in [0.25, 0.3) is 0 Å². The van der Waals surface area contributed by atoms with E-state index in [4.69, 9.17) is 9.47 Å². The van der Waals surface area contributed by atoms with Gasteiger partial charge in [0.1, 0.15) is 0 Å². The van der Waals surface area contributed by atoms with Crippen molar-refractivity contribution in [2.75, 3.05) is 20.8 Å². The van der Waals surface area contributed by atoms with Gasteiger partial charge in [0.2, 0.25) is 5.88 Å². The van der Waals surface area contributed by atoms with Crippen molar-refractivity contribution < 1.29 is 14.3 Å². The normalized spacial score (nSPS) is 11.1. The van der Waals surface area contributed by atoms with E-state index < -0.39 is 5.41 Å². The van der Waals surface area contributed by atoms with Crippen LogP contribution in [-0.2, 0) is 16.1 Å². The first kappa shape index (κ1) is 14.4. The lowest BCUT2D eigenvalue weighted by Gasteiger charge is -2.21. The first-order valence-corrected chi connectivity index (χ1v) is 5.77.